The van der Waals surface area contributed by atoms with Crippen molar-refractivity contribution >= 4 is 16.9 Å². The van der Waals surface area contributed by atoms with Crippen LogP contribution in [0.2, 0.25) is 0 Å². The molecule has 0 radical (unpaired) electrons. The predicted octanol–water partition coefficient (Wildman–Crippen LogP) is 1.91. The zero-order chi connectivity index (χ0) is 20.1. The van der Waals surface area contributed by atoms with E-state index >= 15 is 0 Å². The summed E-state index contributed by atoms with van der Waals surface area (Å²) >= 11 is 0. The zero-order valence-corrected chi connectivity index (χ0v) is 16.8. The van der Waals surface area contributed by atoms with E-state index in [0.717, 1.165) is 37.0 Å². The molecule has 152 valence electrons. The molecule has 1 fully saturated rings. The number of carbonyl (C=O) groups is 1. The fraction of sp³-hybridized carbons (Fsp3) is 0.524. The van der Waals surface area contributed by atoms with E-state index in [9.17, 15) is 9.59 Å². The molecule has 1 aliphatic heterocycles. The first-order valence-corrected chi connectivity index (χ1v) is 9.75. The van der Waals surface area contributed by atoms with Gasteiger partial charge in [-0.3, -0.25) is 9.69 Å². The Morgan fingerprint density at radius 1 is 1.21 bits per heavy atom. The third kappa shape index (κ3) is 4.72. The van der Waals surface area contributed by atoms with E-state index in [1.165, 1.54) is 6.07 Å². The molecule has 2 aromatic rings. The van der Waals surface area contributed by atoms with Gasteiger partial charge < -0.3 is 18.8 Å². The van der Waals surface area contributed by atoms with Gasteiger partial charge in [-0.2, -0.15) is 0 Å². The number of benzene rings is 1. The summed E-state index contributed by atoms with van der Waals surface area (Å²) in [6.07, 6.45) is 0.136. The topological polar surface area (TPSA) is 72.2 Å². The van der Waals surface area contributed by atoms with Gasteiger partial charge in [-0.05, 0) is 31.0 Å². The highest BCUT2D eigenvalue weighted by molar-refractivity contribution is 5.83. The second-order valence-corrected chi connectivity index (χ2v) is 7.02. The van der Waals surface area contributed by atoms with Crippen molar-refractivity contribution in [3.63, 3.8) is 0 Å². The Kier molecular flexibility index (Phi) is 6.70. The van der Waals surface area contributed by atoms with E-state index in [2.05, 4.69) is 4.90 Å². The highest BCUT2D eigenvalue weighted by atomic mass is 16.5. The molecule has 2 heterocycles. The number of piperazine rings is 1. The number of ether oxygens (including phenoxy) is 2. The van der Waals surface area contributed by atoms with Crippen molar-refractivity contribution in [2.24, 2.45) is 0 Å². The molecule has 1 amide bonds. The number of methoxy groups -OCH3 is 1. The molecule has 0 aliphatic carbocycles. The van der Waals surface area contributed by atoms with Gasteiger partial charge in [0.25, 0.3) is 5.91 Å². The Bertz CT molecular complexity index is 871. The molecule has 1 aliphatic rings. The minimum absolute atomic E-state index is 0.0322. The number of rotatable bonds is 7. The van der Waals surface area contributed by atoms with E-state index in [-0.39, 0.29) is 11.5 Å². The van der Waals surface area contributed by atoms with Crippen LogP contribution in [0.5, 0.6) is 5.75 Å². The molecule has 0 bridgehead atoms. The highest BCUT2D eigenvalue weighted by Crippen LogP contribution is 2.24. The SMILES string of the molecule is CCc1cc(=O)oc2cc(OC(C)C(=O)N3CCN(CCOC)CC3)ccc12. The van der Waals surface area contributed by atoms with E-state index in [1.54, 1.807) is 20.1 Å². The number of amides is 1. The van der Waals surface area contributed by atoms with Crippen molar-refractivity contribution in [2.45, 2.75) is 26.4 Å². The van der Waals surface area contributed by atoms with Gasteiger partial charge in [0, 0.05) is 57.4 Å². The minimum atomic E-state index is -0.607. The van der Waals surface area contributed by atoms with Gasteiger partial charge in [0.2, 0.25) is 0 Å². The second kappa shape index (κ2) is 9.21. The van der Waals surface area contributed by atoms with Gasteiger partial charge in [0.1, 0.15) is 11.3 Å². The summed E-state index contributed by atoms with van der Waals surface area (Å²) in [7, 11) is 1.69. The molecule has 1 aromatic carbocycles. The summed E-state index contributed by atoms with van der Waals surface area (Å²) in [6, 6.07) is 6.88. The van der Waals surface area contributed by atoms with E-state index < -0.39 is 6.10 Å². The molecule has 1 aromatic heterocycles. The fourth-order valence-corrected chi connectivity index (χ4v) is 3.50. The van der Waals surface area contributed by atoms with Crippen LogP contribution in [-0.4, -0.2) is 68.3 Å². The second-order valence-electron chi connectivity index (χ2n) is 7.02. The minimum Gasteiger partial charge on any atom is -0.481 e. The lowest BCUT2D eigenvalue weighted by molar-refractivity contribution is -0.139. The number of carbonyl (C=O) groups excluding carboxylic acids is 1. The average molecular weight is 388 g/mol. The van der Waals surface area contributed by atoms with Crippen LogP contribution < -0.4 is 10.4 Å². The summed E-state index contributed by atoms with van der Waals surface area (Å²) in [5.41, 5.74) is 1.04. The van der Waals surface area contributed by atoms with Crippen LogP contribution in [0, 0.1) is 0 Å². The summed E-state index contributed by atoms with van der Waals surface area (Å²) in [5, 5.41) is 0.889. The van der Waals surface area contributed by atoms with Gasteiger partial charge in [0.15, 0.2) is 6.10 Å². The highest BCUT2D eigenvalue weighted by Gasteiger charge is 2.26. The Hall–Kier alpha value is -2.38. The van der Waals surface area contributed by atoms with Crippen molar-refractivity contribution in [1.29, 1.82) is 0 Å². The first kappa shape index (κ1) is 20.4. The van der Waals surface area contributed by atoms with Crippen LogP contribution in [0.3, 0.4) is 0 Å². The molecule has 0 spiro atoms. The number of hydrogen-bond acceptors (Lipinski definition) is 6. The lowest BCUT2D eigenvalue weighted by Gasteiger charge is -2.35. The molecular formula is C21H28N2O5. The third-order valence-corrected chi connectivity index (χ3v) is 5.14. The fourth-order valence-electron chi connectivity index (χ4n) is 3.50. The maximum absolute atomic E-state index is 12.7. The lowest BCUT2D eigenvalue weighted by Crippen LogP contribution is -2.52. The van der Waals surface area contributed by atoms with Crippen LogP contribution in [0.4, 0.5) is 0 Å². The van der Waals surface area contributed by atoms with Crippen molar-refractivity contribution in [3.05, 3.63) is 40.2 Å². The molecular weight excluding hydrogens is 360 g/mol. The number of nitrogens with zero attached hydrogens (tertiary/aromatic N) is 2. The maximum atomic E-state index is 12.7. The molecule has 0 saturated carbocycles. The summed E-state index contributed by atoms with van der Waals surface area (Å²) in [5.74, 6) is 0.485. The quantitative estimate of drug-likeness (QED) is 0.675. The zero-order valence-electron chi connectivity index (χ0n) is 16.8. The van der Waals surface area contributed by atoms with Crippen molar-refractivity contribution in [1.82, 2.24) is 9.80 Å². The van der Waals surface area contributed by atoms with E-state index in [4.69, 9.17) is 13.9 Å². The summed E-state index contributed by atoms with van der Waals surface area (Å²) in [4.78, 5) is 28.6. The van der Waals surface area contributed by atoms with Crippen molar-refractivity contribution in [2.75, 3.05) is 46.4 Å². The summed E-state index contributed by atoms with van der Waals surface area (Å²) < 4.78 is 16.3. The van der Waals surface area contributed by atoms with Gasteiger partial charge in [-0.15, -0.1) is 0 Å². The average Bonchev–Trinajstić information content (AvgIpc) is 2.71. The number of hydrogen-bond donors (Lipinski definition) is 0. The largest absolute Gasteiger partial charge is 0.481 e. The van der Waals surface area contributed by atoms with Crippen LogP contribution >= 0.6 is 0 Å². The van der Waals surface area contributed by atoms with Crippen LogP contribution in [0.15, 0.2) is 33.5 Å². The molecule has 7 heteroatoms. The molecule has 1 saturated heterocycles. The van der Waals surface area contributed by atoms with E-state index in [1.807, 2.05) is 24.0 Å². The molecule has 1 atom stereocenters. The third-order valence-electron chi connectivity index (χ3n) is 5.14. The predicted molar refractivity (Wildman–Crippen MR) is 107 cm³/mol. The smallest absolute Gasteiger partial charge is 0.336 e. The number of fused-ring (bicyclic) bond motifs is 1. The molecule has 7 nitrogen and oxygen atoms in total. The summed E-state index contributed by atoms with van der Waals surface area (Å²) in [6.45, 7) is 8.37. The van der Waals surface area contributed by atoms with Gasteiger partial charge in [0.05, 0.1) is 6.61 Å². The molecule has 28 heavy (non-hydrogen) atoms. The van der Waals surface area contributed by atoms with Crippen molar-refractivity contribution in [3.8, 4) is 5.75 Å². The maximum Gasteiger partial charge on any atom is 0.336 e. The standard InChI is InChI=1S/C21H28N2O5/c1-4-16-13-20(24)28-19-14-17(5-6-18(16)19)27-15(2)21(25)23-9-7-22(8-10-23)11-12-26-3/h5-6,13-15H,4,7-12H2,1-3H3. The van der Waals surface area contributed by atoms with Gasteiger partial charge in [-0.1, -0.05) is 6.92 Å². The molecule has 1 unspecified atom stereocenters. The normalized spacial score (nSPS) is 16.3. The first-order valence-electron chi connectivity index (χ1n) is 9.75. The van der Waals surface area contributed by atoms with Crippen LogP contribution in [0.25, 0.3) is 11.0 Å². The van der Waals surface area contributed by atoms with Crippen LogP contribution in [-0.2, 0) is 16.0 Å². The van der Waals surface area contributed by atoms with Gasteiger partial charge >= 0.3 is 5.63 Å². The Morgan fingerprint density at radius 3 is 2.64 bits per heavy atom. The number of aryl methyl sites for hydroxylation is 1. The van der Waals surface area contributed by atoms with Crippen LogP contribution in [0.1, 0.15) is 19.4 Å². The Morgan fingerprint density at radius 2 is 1.96 bits per heavy atom. The molecule has 3 rings (SSSR count). The molecule has 0 N–H and O–H groups in total. The Balaban J connectivity index is 1.63. The van der Waals surface area contributed by atoms with E-state index in [0.29, 0.717) is 31.0 Å². The lowest BCUT2D eigenvalue weighted by atomic mass is 10.1. The monoisotopic (exact) mass is 388 g/mol. The van der Waals surface area contributed by atoms with Gasteiger partial charge in [-0.25, -0.2) is 4.79 Å². The first-order chi connectivity index (χ1) is 13.5. The van der Waals surface area contributed by atoms with Crippen molar-refractivity contribution < 1.29 is 18.7 Å². The Labute approximate surface area is 164 Å².